The Balaban J connectivity index is 2.65. The van der Waals surface area contributed by atoms with Gasteiger partial charge >= 0.3 is 0 Å². The first-order chi connectivity index (χ1) is 9.28. The summed E-state index contributed by atoms with van der Waals surface area (Å²) in [5, 5.41) is 3.47. The Kier molecular flexibility index (Phi) is 7.21. The predicted octanol–water partition coefficient (Wildman–Crippen LogP) is 4.94. The standard InChI is InChI=1S/C17H28BrNO/c1-13(2)19-12-16(20-10-9-17(3,4)5)14-7-6-8-15(18)11-14/h6-8,11,13,16,19H,9-10,12H2,1-5H3. The molecular weight excluding hydrogens is 314 g/mol. The number of benzene rings is 1. The minimum Gasteiger partial charge on any atom is -0.372 e. The highest BCUT2D eigenvalue weighted by Gasteiger charge is 2.15. The second-order valence-electron chi connectivity index (χ2n) is 6.79. The van der Waals surface area contributed by atoms with E-state index in [-0.39, 0.29) is 6.10 Å². The molecule has 1 aromatic rings. The lowest BCUT2D eigenvalue weighted by Gasteiger charge is -2.24. The summed E-state index contributed by atoms with van der Waals surface area (Å²) in [7, 11) is 0. The topological polar surface area (TPSA) is 21.3 Å². The van der Waals surface area contributed by atoms with Crippen molar-refractivity contribution in [1.82, 2.24) is 5.32 Å². The molecular formula is C17H28BrNO. The quantitative estimate of drug-likeness (QED) is 0.758. The van der Waals surface area contributed by atoms with Gasteiger partial charge < -0.3 is 10.1 Å². The van der Waals surface area contributed by atoms with Crippen molar-refractivity contribution in [2.75, 3.05) is 13.2 Å². The molecule has 0 aliphatic rings. The summed E-state index contributed by atoms with van der Waals surface area (Å²) in [6.07, 6.45) is 1.18. The first-order valence-electron chi connectivity index (χ1n) is 7.38. The van der Waals surface area contributed by atoms with Crippen LogP contribution in [0.3, 0.4) is 0 Å². The van der Waals surface area contributed by atoms with Gasteiger partial charge in [0.05, 0.1) is 6.10 Å². The summed E-state index contributed by atoms with van der Waals surface area (Å²) in [6, 6.07) is 8.86. The third kappa shape index (κ3) is 7.41. The first-order valence-corrected chi connectivity index (χ1v) is 8.18. The van der Waals surface area contributed by atoms with Crippen LogP contribution in [0.2, 0.25) is 0 Å². The van der Waals surface area contributed by atoms with Gasteiger partial charge in [0, 0.05) is 23.7 Å². The molecule has 0 aromatic heterocycles. The van der Waals surface area contributed by atoms with E-state index in [1.165, 1.54) is 5.56 Å². The van der Waals surface area contributed by atoms with E-state index in [1.807, 2.05) is 6.07 Å². The number of hydrogen-bond acceptors (Lipinski definition) is 2. The van der Waals surface area contributed by atoms with Gasteiger partial charge in [-0.05, 0) is 29.5 Å². The van der Waals surface area contributed by atoms with E-state index >= 15 is 0 Å². The average molecular weight is 342 g/mol. The molecule has 2 nitrogen and oxygen atoms in total. The van der Waals surface area contributed by atoms with Gasteiger partial charge in [0.25, 0.3) is 0 Å². The maximum absolute atomic E-state index is 6.13. The average Bonchev–Trinajstić information content (AvgIpc) is 2.31. The zero-order chi connectivity index (χ0) is 15.2. The smallest absolute Gasteiger partial charge is 0.0949 e. The molecule has 1 unspecified atom stereocenters. The van der Waals surface area contributed by atoms with Crippen LogP contribution in [0.15, 0.2) is 28.7 Å². The largest absolute Gasteiger partial charge is 0.372 e. The molecule has 0 bridgehead atoms. The molecule has 0 saturated heterocycles. The van der Waals surface area contributed by atoms with Crippen molar-refractivity contribution in [3.05, 3.63) is 34.3 Å². The Labute approximate surface area is 132 Å². The zero-order valence-corrected chi connectivity index (χ0v) is 15.0. The molecule has 0 spiro atoms. The van der Waals surface area contributed by atoms with Crippen LogP contribution in [0.4, 0.5) is 0 Å². The monoisotopic (exact) mass is 341 g/mol. The lowest BCUT2D eigenvalue weighted by atomic mass is 9.93. The molecule has 1 N–H and O–H groups in total. The van der Waals surface area contributed by atoms with Gasteiger partial charge in [-0.25, -0.2) is 0 Å². The minimum atomic E-state index is 0.109. The Hall–Kier alpha value is -0.380. The van der Waals surface area contributed by atoms with Gasteiger partial charge in [-0.2, -0.15) is 0 Å². The van der Waals surface area contributed by atoms with Crippen molar-refractivity contribution in [3.8, 4) is 0 Å². The van der Waals surface area contributed by atoms with Crippen molar-refractivity contribution in [2.45, 2.75) is 53.2 Å². The van der Waals surface area contributed by atoms with Crippen molar-refractivity contribution in [3.63, 3.8) is 0 Å². The van der Waals surface area contributed by atoms with Crippen LogP contribution >= 0.6 is 15.9 Å². The van der Waals surface area contributed by atoms with E-state index in [4.69, 9.17) is 4.74 Å². The molecule has 0 radical (unpaired) electrons. The minimum absolute atomic E-state index is 0.109. The number of ether oxygens (including phenoxy) is 1. The first kappa shape index (κ1) is 17.7. The lowest BCUT2D eigenvalue weighted by molar-refractivity contribution is 0.0358. The number of halogens is 1. The number of nitrogens with one attached hydrogen (secondary N) is 1. The maximum atomic E-state index is 6.13. The SMILES string of the molecule is CC(C)NCC(OCCC(C)(C)C)c1cccc(Br)c1. The van der Waals surface area contributed by atoms with Crippen molar-refractivity contribution >= 4 is 15.9 Å². The van der Waals surface area contributed by atoms with Crippen molar-refractivity contribution in [1.29, 1.82) is 0 Å². The van der Waals surface area contributed by atoms with Crippen LogP contribution in [0.5, 0.6) is 0 Å². The molecule has 0 fully saturated rings. The van der Waals surface area contributed by atoms with Crippen molar-refractivity contribution in [2.24, 2.45) is 5.41 Å². The molecule has 1 aromatic carbocycles. The van der Waals surface area contributed by atoms with Crippen molar-refractivity contribution < 1.29 is 4.74 Å². The van der Waals surface area contributed by atoms with Gasteiger partial charge in [0.15, 0.2) is 0 Å². The Morgan fingerprint density at radius 3 is 2.50 bits per heavy atom. The lowest BCUT2D eigenvalue weighted by Crippen LogP contribution is -2.29. The van der Waals surface area contributed by atoms with Gasteiger partial charge in [-0.15, -0.1) is 0 Å². The van der Waals surface area contributed by atoms with Crippen LogP contribution in [-0.4, -0.2) is 19.2 Å². The third-order valence-corrected chi connectivity index (χ3v) is 3.60. The second-order valence-corrected chi connectivity index (χ2v) is 7.70. The summed E-state index contributed by atoms with van der Waals surface area (Å²) >= 11 is 3.53. The fraction of sp³-hybridized carbons (Fsp3) is 0.647. The molecule has 114 valence electrons. The fourth-order valence-corrected chi connectivity index (χ4v) is 2.25. The second kappa shape index (κ2) is 8.16. The molecule has 1 rings (SSSR count). The normalized spacial score (nSPS) is 13.8. The summed E-state index contributed by atoms with van der Waals surface area (Å²) in [5.41, 5.74) is 1.54. The Bertz CT molecular complexity index is 398. The molecule has 0 amide bonds. The van der Waals surface area contributed by atoms with Crippen LogP contribution in [-0.2, 0) is 4.74 Å². The predicted molar refractivity (Wildman–Crippen MR) is 90.0 cm³/mol. The molecule has 0 heterocycles. The van der Waals surface area contributed by atoms with E-state index in [0.717, 1.165) is 24.0 Å². The van der Waals surface area contributed by atoms with Crippen LogP contribution in [0, 0.1) is 5.41 Å². The van der Waals surface area contributed by atoms with Gasteiger partial charge in [0.2, 0.25) is 0 Å². The number of rotatable bonds is 7. The highest BCUT2D eigenvalue weighted by molar-refractivity contribution is 9.10. The Morgan fingerprint density at radius 1 is 1.25 bits per heavy atom. The molecule has 3 heteroatoms. The maximum Gasteiger partial charge on any atom is 0.0949 e. The molecule has 0 aliphatic carbocycles. The zero-order valence-electron chi connectivity index (χ0n) is 13.4. The molecule has 20 heavy (non-hydrogen) atoms. The summed E-state index contributed by atoms with van der Waals surface area (Å²) in [5.74, 6) is 0. The van der Waals surface area contributed by atoms with Crippen LogP contribution in [0.1, 0.15) is 52.7 Å². The Morgan fingerprint density at radius 2 is 1.95 bits per heavy atom. The van der Waals surface area contributed by atoms with E-state index in [9.17, 15) is 0 Å². The summed E-state index contributed by atoms with van der Waals surface area (Å²) in [4.78, 5) is 0. The van der Waals surface area contributed by atoms with Crippen LogP contribution in [0.25, 0.3) is 0 Å². The van der Waals surface area contributed by atoms with E-state index in [2.05, 4.69) is 74.1 Å². The summed E-state index contributed by atoms with van der Waals surface area (Å²) in [6.45, 7) is 12.7. The molecule has 0 aliphatic heterocycles. The van der Waals surface area contributed by atoms with E-state index in [0.29, 0.717) is 11.5 Å². The highest BCUT2D eigenvalue weighted by Crippen LogP contribution is 2.24. The summed E-state index contributed by atoms with van der Waals surface area (Å²) < 4.78 is 7.23. The molecule has 1 atom stereocenters. The van der Waals surface area contributed by atoms with Gasteiger partial charge in [-0.1, -0.05) is 62.7 Å². The van der Waals surface area contributed by atoms with E-state index in [1.54, 1.807) is 0 Å². The highest BCUT2D eigenvalue weighted by atomic mass is 79.9. The van der Waals surface area contributed by atoms with Gasteiger partial charge in [-0.3, -0.25) is 0 Å². The molecule has 0 saturated carbocycles. The van der Waals surface area contributed by atoms with E-state index < -0.39 is 0 Å². The third-order valence-electron chi connectivity index (χ3n) is 3.10. The van der Waals surface area contributed by atoms with Gasteiger partial charge in [0.1, 0.15) is 0 Å². The van der Waals surface area contributed by atoms with Crippen LogP contribution < -0.4 is 5.32 Å². The number of hydrogen-bond donors (Lipinski definition) is 1. The fourth-order valence-electron chi connectivity index (χ4n) is 1.83.